The zero-order valence-corrected chi connectivity index (χ0v) is 14.9. The molecule has 1 N–H and O–H groups in total. The van der Waals surface area contributed by atoms with Gasteiger partial charge in [0.1, 0.15) is 11.6 Å². The summed E-state index contributed by atoms with van der Waals surface area (Å²) in [5.74, 6) is 1.39. The molecule has 0 bridgehead atoms. The molecular formula is C19H23N5O2. The molecule has 3 rings (SSSR count). The first-order valence-corrected chi connectivity index (χ1v) is 8.58. The number of anilines is 2. The van der Waals surface area contributed by atoms with E-state index in [-0.39, 0.29) is 5.91 Å². The molecule has 0 unspecified atom stereocenters. The molecule has 1 aliphatic rings. The van der Waals surface area contributed by atoms with Gasteiger partial charge < -0.3 is 19.9 Å². The van der Waals surface area contributed by atoms with E-state index in [9.17, 15) is 4.79 Å². The Kier molecular flexibility index (Phi) is 5.68. The second-order valence-electron chi connectivity index (χ2n) is 5.95. The molecule has 26 heavy (non-hydrogen) atoms. The smallest absolute Gasteiger partial charge is 0.274 e. The molecule has 0 spiro atoms. The molecule has 1 aliphatic heterocycles. The largest absolute Gasteiger partial charge is 0.497 e. The summed E-state index contributed by atoms with van der Waals surface area (Å²) in [4.78, 5) is 16.7. The Hall–Kier alpha value is -3.09. The predicted molar refractivity (Wildman–Crippen MR) is 102 cm³/mol. The van der Waals surface area contributed by atoms with Crippen molar-refractivity contribution in [2.45, 2.75) is 0 Å². The summed E-state index contributed by atoms with van der Waals surface area (Å²) >= 11 is 0. The Morgan fingerprint density at radius 3 is 2.46 bits per heavy atom. The number of amides is 1. The lowest BCUT2D eigenvalue weighted by molar-refractivity contribution is 0.0739. The van der Waals surface area contributed by atoms with Gasteiger partial charge in [0.15, 0.2) is 5.69 Å². The fourth-order valence-electron chi connectivity index (χ4n) is 2.84. The summed E-state index contributed by atoms with van der Waals surface area (Å²) in [6.45, 7) is 7.12. The lowest BCUT2D eigenvalue weighted by atomic mass is 10.2. The number of carbonyl (C=O) groups excluding carboxylic acids is 1. The van der Waals surface area contributed by atoms with Gasteiger partial charge in [0.25, 0.3) is 5.91 Å². The molecule has 1 aromatic carbocycles. The van der Waals surface area contributed by atoms with Crippen LogP contribution < -0.4 is 15.0 Å². The van der Waals surface area contributed by atoms with Crippen LogP contribution in [-0.4, -0.2) is 60.8 Å². The second-order valence-corrected chi connectivity index (χ2v) is 5.95. The maximum absolute atomic E-state index is 12.6. The summed E-state index contributed by atoms with van der Waals surface area (Å²) in [6.07, 6.45) is 1.74. The van der Waals surface area contributed by atoms with Crippen LogP contribution >= 0.6 is 0 Å². The normalized spacial score (nSPS) is 14.0. The van der Waals surface area contributed by atoms with Gasteiger partial charge in [-0.2, -0.15) is 0 Å². The van der Waals surface area contributed by atoms with Crippen molar-refractivity contribution in [1.82, 2.24) is 15.1 Å². The van der Waals surface area contributed by atoms with Gasteiger partial charge in [-0.05, 0) is 36.4 Å². The third kappa shape index (κ3) is 4.11. The highest BCUT2D eigenvalue weighted by Gasteiger charge is 2.23. The van der Waals surface area contributed by atoms with Crippen LogP contribution in [0, 0.1) is 0 Å². The molecule has 136 valence electrons. The van der Waals surface area contributed by atoms with Crippen LogP contribution in [0.5, 0.6) is 5.75 Å². The first-order chi connectivity index (χ1) is 12.7. The van der Waals surface area contributed by atoms with E-state index in [1.807, 2.05) is 29.2 Å². The summed E-state index contributed by atoms with van der Waals surface area (Å²) < 4.78 is 5.19. The van der Waals surface area contributed by atoms with Crippen LogP contribution in [0.2, 0.25) is 0 Å². The number of aromatic nitrogens is 2. The lowest BCUT2D eigenvalue weighted by Gasteiger charge is -2.36. The van der Waals surface area contributed by atoms with Gasteiger partial charge in [0.2, 0.25) is 0 Å². The maximum atomic E-state index is 12.6. The average molecular weight is 353 g/mol. The van der Waals surface area contributed by atoms with E-state index in [1.54, 1.807) is 25.3 Å². The number of nitrogens with one attached hydrogen (secondary N) is 1. The van der Waals surface area contributed by atoms with Crippen molar-refractivity contribution < 1.29 is 9.53 Å². The minimum atomic E-state index is -0.0813. The van der Waals surface area contributed by atoms with Crippen molar-refractivity contribution in [3.63, 3.8) is 0 Å². The fraction of sp³-hybridized carbons (Fsp3) is 0.316. The Labute approximate surface area is 153 Å². The molecule has 7 nitrogen and oxygen atoms in total. The van der Waals surface area contributed by atoms with Crippen molar-refractivity contribution in [2.75, 3.05) is 50.1 Å². The summed E-state index contributed by atoms with van der Waals surface area (Å²) in [7, 11) is 1.66. The summed E-state index contributed by atoms with van der Waals surface area (Å²) in [6, 6.07) is 11.4. The number of nitrogens with zero attached hydrogens (tertiary/aromatic N) is 4. The molecule has 2 aromatic rings. The molecule has 0 radical (unpaired) electrons. The van der Waals surface area contributed by atoms with Crippen LogP contribution in [0.4, 0.5) is 11.5 Å². The van der Waals surface area contributed by atoms with E-state index in [0.29, 0.717) is 31.1 Å². The zero-order valence-electron chi connectivity index (χ0n) is 14.9. The maximum Gasteiger partial charge on any atom is 0.274 e. The Bertz CT molecular complexity index is 738. The first kappa shape index (κ1) is 17.7. The van der Waals surface area contributed by atoms with Crippen LogP contribution in [0.15, 0.2) is 49.1 Å². The molecule has 0 aliphatic carbocycles. The van der Waals surface area contributed by atoms with Crippen LogP contribution in [0.3, 0.4) is 0 Å². The number of hydrogen-bond acceptors (Lipinski definition) is 6. The van der Waals surface area contributed by atoms with Gasteiger partial charge >= 0.3 is 0 Å². The topological polar surface area (TPSA) is 70.6 Å². The molecule has 1 fully saturated rings. The molecule has 1 amide bonds. The van der Waals surface area contributed by atoms with E-state index in [0.717, 1.165) is 24.5 Å². The second kappa shape index (κ2) is 8.33. The summed E-state index contributed by atoms with van der Waals surface area (Å²) in [5, 5.41) is 11.1. The first-order valence-electron chi connectivity index (χ1n) is 8.58. The lowest BCUT2D eigenvalue weighted by Crippen LogP contribution is -2.49. The van der Waals surface area contributed by atoms with Crippen molar-refractivity contribution >= 4 is 17.4 Å². The standard InChI is InChI=1S/C19H23N5O2/c1-3-10-20-18-9-8-17(21-22-18)19(25)24-13-11-23(12-14-24)15-4-6-16(26-2)7-5-15/h3-9H,1,10-14H2,2H3,(H,20,22). The Balaban J connectivity index is 1.56. The van der Waals surface area contributed by atoms with Gasteiger partial charge in [-0.3, -0.25) is 4.79 Å². The Morgan fingerprint density at radius 2 is 1.88 bits per heavy atom. The minimum absolute atomic E-state index is 0.0813. The number of benzene rings is 1. The number of hydrogen-bond donors (Lipinski definition) is 1. The highest BCUT2D eigenvalue weighted by Crippen LogP contribution is 2.21. The van der Waals surface area contributed by atoms with Crippen molar-refractivity contribution in [3.8, 4) is 5.75 Å². The van der Waals surface area contributed by atoms with Gasteiger partial charge in [0.05, 0.1) is 7.11 Å². The molecule has 1 aromatic heterocycles. The minimum Gasteiger partial charge on any atom is -0.497 e. The van der Waals surface area contributed by atoms with Gasteiger partial charge in [-0.25, -0.2) is 0 Å². The number of ether oxygens (including phenoxy) is 1. The van der Waals surface area contributed by atoms with Gasteiger partial charge in [-0.15, -0.1) is 16.8 Å². The molecule has 7 heteroatoms. The monoisotopic (exact) mass is 353 g/mol. The van der Waals surface area contributed by atoms with Crippen molar-refractivity contribution in [3.05, 3.63) is 54.7 Å². The number of methoxy groups -OCH3 is 1. The van der Waals surface area contributed by atoms with Crippen LogP contribution in [0.25, 0.3) is 0 Å². The number of carbonyl (C=O) groups is 1. The highest BCUT2D eigenvalue weighted by atomic mass is 16.5. The van der Waals surface area contributed by atoms with Crippen LogP contribution in [-0.2, 0) is 0 Å². The van der Waals surface area contributed by atoms with Crippen LogP contribution in [0.1, 0.15) is 10.5 Å². The number of piperazine rings is 1. The quantitative estimate of drug-likeness (QED) is 0.802. The fourth-order valence-corrected chi connectivity index (χ4v) is 2.84. The van der Waals surface area contributed by atoms with Crippen molar-refractivity contribution in [1.29, 1.82) is 0 Å². The third-order valence-electron chi connectivity index (χ3n) is 4.32. The molecule has 2 heterocycles. The summed E-state index contributed by atoms with van der Waals surface area (Å²) in [5.41, 5.74) is 1.50. The third-order valence-corrected chi connectivity index (χ3v) is 4.32. The van der Waals surface area contributed by atoms with E-state index in [1.165, 1.54) is 0 Å². The molecule has 0 atom stereocenters. The molecule has 0 saturated carbocycles. The SMILES string of the molecule is C=CCNc1ccc(C(=O)N2CCN(c3ccc(OC)cc3)CC2)nn1. The van der Waals surface area contributed by atoms with Crippen molar-refractivity contribution in [2.24, 2.45) is 0 Å². The highest BCUT2D eigenvalue weighted by molar-refractivity contribution is 5.92. The van der Waals surface area contributed by atoms with E-state index in [4.69, 9.17) is 4.74 Å². The van der Waals surface area contributed by atoms with E-state index in [2.05, 4.69) is 27.0 Å². The molecule has 1 saturated heterocycles. The predicted octanol–water partition coefficient (Wildman–Crippen LogP) is 2.05. The average Bonchev–Trinajstić information content (AvgIpc) is 2.72. The number of rotatable bonds is 6. The zero-order chi connectivity index (χ0) is 18.4. The van der Waals surface area contributed by atoms with Gasteiger partial charge in [0, 0.05) is 38.4 Å². The Morgan fingerprint density at radius 1 is 1.15 bits per heavy atom. The van der Waals surface area contributed by atoms with Gasteiger partial charge in [-0.1, -0.05) is 6.08 Å². The molecular weight excluding hydrogens is 330 g/mol. The van der Waals surface area contributed by atoms with E-state index >= 15 is 0 Å². The van der Waals surface area contributed by atoms with E-state index < -0.39 is 0 Å².